The minimum Gasteiger partial charge on any atom is -0.507 e. The quantitative estimate of drug-likeness (QED) is 0.180. The first-order chi connectivity index (χ1) is 15.9. The number of ether oxygens (including phenoxy) is 1. The van der Waals surface area contributed by atoms with Gasteiger partial charge in [0.25, 0.3) is 11.5 Å². The molecule has 1 saturated heterocycles. The number of aliphatic hydroxyl groups is 1. The second-order valence-corrected chi connectivity index (χ2v) is 8.08. The summed E-state index contributed by atoms with van der Waals surface area (Å²) < 4.78 is 5.55. The van der Waals surface area contributed by atoms with Gasteiger partial charge in [0.1, 0.15) is 11.5 Å². The van der Waals surface area contributed by atoms with Gasteiger partial charge < -0.3 is 9.84 Å². The van der Waals surface area contributed by atoms with Crippen LogP contribution in [0.3, 0.4) is 0 Å². The van der Waals surface area contributed by atoms with Crippen molar-refractivity contribution in [3.8, 4) is 5.75 Å². The lowest BCUT2D eigenvalue weighted by Crippen LogP contribution is -2.29. The summed E-state index contributed by atoms with van der Waals surface area (Å²) in [6, 6.07) is 11.0. The van der Waals surface area contributed by atoms with Gasteiger partial charge in [-0.15, -0.1) is 11.3 Å². The van der Waals surface area contributed by atoms with E-state index < -0.39 is 22.7 Å². The molecule has 4 rings (SSSR count). The van der Waals surface area contributed by atoms with Crippen molar-refractivity contribution < 1.29 is 24.4 Å². The minimum atomic E-state index is -1.08. The summed E-state index contributed by atoms with van der Waals surface area (Å²) in [4.78, 5) is 42.1. The summed E-state index contributed by atoms with van der Waals surface area (Å²) in [6.07, 6.45) is 2.32. The fourth-order valence-corrected chi connectivity index (χ4v) is 4.24. The van der Waals surface area contributed by atoms with Gasteiger partial charge >= 0.3 is 5.91 Å². The minimum absolute atomic E-state index is 0.169. The van der Waals surface area contributed by atoms with Crippen LogP contribution in [0.4, 0.5) is 10.8 Å². The number of ketones is 1. The third kappa shape index (κ3) is 4.20. The number of carbonyl (C=O) groups excluding carboxylic acids is 2. The Morgan fingerprint density at radius 2 is 2.00 bits per heavy atom. The van der Waals surface area contributed by atoms with Crippen molar-refractivity contribution in [3.05, 3.63) is 86.9 Å². The Morgan fingerprint density at radius 1 is 1.24 bits per heavy atom. The number of thiazole rings is 1. The first kappa shape index (κ1) is 22.2. The van der Waals surface area contributed by atoms with Crippen LogP contribution in [-0.2, 0) is 9.59 Å². The van der Waals surface area contributed by atoms with Gasteiger partial charge in [-0.1, -0.05) is 19.1 Å². The molecule has 1 aliphatic heterocycles. The number of hydrogen-bond donors (Lipinski definition) is 1. The van der Waals surface area contributed by atoms with Crippen LogP contribution in [0.15, 0.2) is 65.7 Å². The van der Waals surface area contributed by atoms with E-state index in [0.717, 1.165) is 22.7 Å². The van der Waals surface area contributed by atoms with Crippen molar-refractivity contribution in [1.29, 1.82) is 0 Å². The summed E-state index contributed by atoms with van der Waals surface area (Å²) in [6.45, 7) is 2.52. The Hall–Kier alpha value is -4.05. The van der Waals surface area contributed by atoms with E-state index in [1.807, 2.05) is 6.92 Å². The van der Waals surface area contributed by atoms with Crippen LogP contribution in [0.2, 0.25) is 0 Å². The zero-order chi connectivity index (χ0) is 23.5. The molecular weight excluding hydrogens is 446 g/mol. The number of aliphatic hydroxyl groups excluding tert-OH is 1. The molecule has 1 aliphatic rings. The van der Waals surface area contributed by atoms with Gasteiger partial charge in [0.15, 0.2) is 5.13 Å². The van der Waals surface area contributed by atoms with Crippen LogP contribution in [0.5, 0.6) is 5.75 Å². The van der Waals surface area contributed by atoms with Crippen LogP contribution >= 0.6 is 11.3 Å². The van der Waals surface area contributed by atoms with E-state index in [1.165, 1.54) is 24.4 Å². The molecule has 1 amide bonds. The Balaban J connectivity index is 1.85. The van der Waals surface area contributed by atoms with Crippen molar-refractivity contribution in [2.45, 2.75) is 19.4 Å². The fraction of sp³-hybridized carbons (Fsp3) is 0.174. The third-order valence-electron chi connectivity index (χ3n) is 5.07. The molecular formula is C23H19N3O6S. The number of hydrogen-bond acceptors (Lipinski definition) is 8. The van der Waals surface area contributed by atoms with Gasteiger partial charge in [-0.2, -0.15) is 0 Å². The highest BCUT2D eigenvalue weighted by atomic mass is 32.1. The second-order valence-electron chi connectivity index (χ2n) is 7.21. The summed E-state index contributed by atoms with van der Waals surface area (Å²) in [7, 11) is 0. The number of anilines is 1. The molecule has 1 atom stereocenters. The van der Waals surface area contributed by atoms with E-state index >= 15 is 0 Å². The van der Waals surface area contributed by atoms with E-state index in [9.17, 15) is 24.8 Å². The molecule has 9 nitrogen and oxygen atoms in total. The lowest BCUT2D eigenvalue weighted by atomic mass is 9.95. The van der Waals surface area contributed by atoms with Crippen molar-refractivity contribution >= 4 is 39.6 Å². The number of nitrogens with zero attached hydrogens (tertiary/aromatic N) is 3. The van der Waals surface area contributed by atoms with Crippen molar-refractivity contribution in [2.24, 2.45) is 0 Å². The lowest BCUT2D eigenvalue weighted by molar-refractivity contribution is -0.384. The summed E-state index contributed by atoms with van der Waals surface area (Å²) in [5, 5.41) is 24.3. The normalized spacial score (nSPS) is 17.4. The first-order valence-corrected chi connectivity index (χ1v) is 11.0. The molecule has 3 aromatic rings. The number of amides is 1. The molecule has 33 heavy (non-hydrogen) atoms. The number of nitro groups is 1. The average molecular weight is 465 g/mol. The molecule has 0 aliphatic carbocycles. The molecule has 0 radical (unpaired) electrons. The van der Waals surface area contributed by atoms with Gasteiger partial charge in [0.05, 0.1) is 23.1 Å². The lowest BCUT2D eigenvalue weighted by Gasteiger charge is -2.22. The second kappa shape index (κ2) is 9.21. The number of non-ortho nitro benzene ring substituents is 1. The average Bonchev–Trinajstić information content (AvgIpc) is 3.44. The molecule has 2 aromatic carbocycles. The maximum atomic E-state index is 13.0. The molecule has 2 heterocycles. The summed E-state index contributed by atoms with van der Waals surface area (Å²) in [5.74, 6) is -1.55. The number of benzene rings is 2. The van der Waals surface area contributed by atoms with E-state index in [4.69, 9.17) is 4.74 Å². The maximum Gasteiger partial charge on any atom is 0.301 e. The van der Waals surface area contributed by atoms with Crippen LogP contribution in [0.25, 0.3) is 5.76 Å². The highest BCUT2D eigenvalue weighted by molar-refractivity contribution is 7.14. The third-order valence-corrected chi connectivity index (χ3v) is 5.84. The molecule has 168 valence electrons. The van der Waals surface area contributed by atoms with E-state index in [-0.39, 0.29) is 22.2 Å². The Morgan fingerprint density at radius 3 is 2.64 bits per heavy atom. The van der Waals surface area contributed by atoms with Gasteiger partial charge in [-0.05, 0) is 36.2 Å². The highest BCUT2D eigenvalue weighted by Gasteiger charge is 2.48. The monoisotopic (exact) mass is 465 g/mol. The van der Waals surface area contributed by atoms with E-state index in [1.54, 1.807) is 35.7 Å². The Bertz CT molecular complexity index is 1240. The molecule has 1 aromatic heterocycles. The Labute approximate surface area is 192 Å². The molecule has 1 fully saturated rings. The van der Waals surface area contributed by atoms with E-state index in [0.29, 0.717) is 23.5 Å². The predicted octanol–water partition coefficient (Wildman–Crippen LogP) is 4.47. The molecule has 0 unspecified atom stereocenters. The van der Waals surface area contributed by atoms with Gasteiger partial charge in [-0.3, -0.25) is 24.6 Å². The summed E-state index contributed by atoms with van der Waals surface area (Å²) in [5.41, 5.74) is 0.252. The Kier molecular flexibility index (Phi) is 6.18. The largest absolute Gasteiger partial charge is 0.507 e. The molecule has 10 heteroatoms. The van der Waals surface area contributed by atoms with Crippen LogP contribution in [0.1, 0.15) is 30.5 Å². The summed E-state index contributed by atoms with van der Waals surface area (Å²) >= 11 is 1.14. The van der Waals surface area contributed by atoms with Crippen LogP contribution < -0.4 is 9.64 Å². The smallest absolute Gasteiger partial charge is 0.301 e. The number of aromatic nitrogens is 1. The van der Waals surface area contributed by atoms with Crippen molar-refractivity contribution in [1.82, 2.24) is 4.98 Å². The zero-order valence-electron chi connectivity index (χ0n) is 17.5. The molecule has 0 spiro atoms. The fourth-order valence-electron chi connectivity index (χ4n) is 3.57. The molecule has 0 saturated carbocycles. The van der Waals surface area contributed by atoms with Crippen molar-refractivity contribution in [3.63, 3.8) is 0 Å². The van der Waals surface area contributed by atoms with Gasteiger partial charge in [0.2, 0.25) is 0 Å². The number of carbonyl (C=O) groups is 2. The zero-order valence-corrected chi connectivity index (χ0v) is 18.3. The predicted molar refractivity (Wildman–Crippen MR) is 122 cm³/mol. The van der Waals surface area contributed by atoms with Gasteiger partial charge in [-0.25, -0.2) is 4.98 Å². The van der Waals surface area contributed by atoms with Crippen molar-refractivity contribution in [2.75, 3.05) is 11.5 Å². The number of rotatable bonds is 7. The SMILES string of the molecule is CCCOc1ccc(/C(O)=C2\C(=O)C(=O)N(c3nccs3)[C@@H]2c2cccc([N+](=O)[O-])c2)cc1. The maximum absolute atomic E-state index is 13.0. The molecule has 0 bridgehead atoms. The topological polar surface area (TPSA) is 123 Å². The van der Waals surface area contributed by atoms with Crippen LogP contribution in [0, 0.1) is 10.1 Å². The molecule has 1 N–H and O–H groups in total. The number of nitro benzene ring substituents is 1. The van der Waals surface area contributed by atoms with E-state index in [2.05, 4.69) is 4.98 Å². The standard InChI is InChI=1S/C23H19N3O6S/c1-2-11-32-17-8-6-14(7-9-17)20(27)18-19(15-4-3-5-16(13-15)26(30)31)25(22(29)21(18)28)23-24-10-12-33-23/h3-10,12-13,19,27H,2,11H2,1H3/b20-18+/t19-/m1/s1. The first-order valence-electron chi connectivity index (χ1n) is 10.1. The van der Waals surface area contributed by atoms with Crippen LogP contribution in [-0.4, -0.2) is 33.3 Å². The number of Topliss-reactive ketones (excluding diaryl/α,β-unsaturated/α-hetero) is 1. The highest BCUT2D eigenvalue weighted by Crippen LogP contribution is 2.43. The van der Waals surface area contributed by atoms with Gasteiger partial charge in [0, 0.05) is 29.3 Å².